The van der Waals surface area contributed by atoms with Crippen molar-refractivity contribution in [3.63, 3.8) is 0 Å². The van der Waals surface area contributed by atoms with E-state index < -0.39 is 5.54 Å². The average Bonchev–Trinajstić information content (AvgIpc) is 3.28. The lowest BCUT2D eigenvalue weighted by Gasteiger charge is -2.48. The maximum absolute atomic E-state index is 12.0. The van der Waals surface area contributed by atoms with Gasteiger partial charge in [0.25, 0.3) is 0 Å². The molecule has 28 heavy (non-hydrogen) atoms. The van der Waals surface area contributed by atoms with E-state index in [0.717, 1.165) is 5.39 Å². The summed E-state index contributed by atoms with van der Waals surface area (Å²) in [6.07, 6.45) is 5.13. The number of nitrogens with one attached hydrogen (secondary N) is 2. The monoisotopic (exact) mass is 376 g/mol. The van der Waals surface area contributed by atoms with Gasteiger partial charge in [-0.1, -0.05) is 0 Å². The number of carbonyl (C=O) groups excluding carboxylic acids is 1. The van der Waals surface area contributed by atoms with Crippen molar-refractivity contribution in [3.05, 3.63) is 24.8 Å². The summed E-state index contributed by atoms with van der Waals surface area (Å²) in [7, 11) is 0. The molecule has 2 amide bonds. The first kappa shape index (κ1) is 17.3. The zero-order valence-corrected chi connectivity index (χ0v) is 14.8. The van der Waals surface area contributed by atoms with Crippen molar-refractivity contribution in [1.29, 1.82) is 10.5 Å². The van der Waals surface area contributed by atoms with Crippen molar-refractivity contribution >= 4 is 22.9 Å². The zero-order chi connectivity index (χ0) is 19.7. The molecule has 0 bridgehead atoms. The van der Waals surface area contributed by atoms with Crippen LogP contribution in [0.5, 0.6) is 0 Å². The highest BCUT2D eigenvalue weighted by Crippen LogP contribution is 2.36. The van der Waals surface area contributed by atoms with E-state index in [4.69, 9.17) is 11.0 Å². The molecule has 0 spiro atoms. The van der Waals surface area contributed by atoms with Gasteiger partial charge in [-0.25, -0.2) is 14.8 Å². The molecule has 0 aliphatic carbocycles. The summed E-state index contributed by atoms with van der Waals surface area (Å²) < 4.78 is 1.65. The molecule has 1 saturated heterocycles. The van der Waals surface area contributed by atoms with E-state index in [2.05, 4.69) is 31.4 Å². The highest BCUT2D eigenvalue weighted by Gasteiger charge is 2.48. The van der Waals surface area contributed by atoms with Crippen LogP contribution in [0.15, 0.2) is 24.8 Å². The first-order valence-corrected chi connectivity index (χ1v) is 8.49. The van der Waals surface area contributed by atoms with Crippen molar-refractivity contribution in [2.24, 2.45) is 0 Å². The molecule has 4 heterocycles. The molecule has 0 atom stereocenters. The normalized spacial score (nSPS) is 14.9. The van der Waals surface area contributed by atoms with E-state index >= 15 is 0 Å². The Balaban J connectivity index is 1.65. The van der Waals surface area contributed by atoms with Crippen molar-refractivity contribution in [3.8, 4) is 23.4 Å². The molecule has 1 fully saturated rings. The van der Waals surface area contributed by atoms with E-state index in [1.165, 1.54) is 11.2 Å². The molecule has 3 aromatic rings. The minimum absolute atomic E-state index is 0.0696. The number of nitriles is 2. The Morgan fingerprint density at radius 2 is 2.18 bits per heavy atom. The minimum atomic E-state index is -0.671. The van der Waals surface area contributed by atoms with Gasteiger partial charge in [0.05, 0.1) is 42.9 Å². The van der Waals surface area contributed by atoms with Crippen LogP contribution in [-0.2, 0) is 5.54 Å². The molecule has 4 rings (SSSR count). The van der Waals surface area contributed by atoms with Crippen molar-refractivity contribution < 1.29 is 4.79 Å². The van der Waals surface area contributed by atoms with Gasteiger partial charge < -0.3 is 20.9 Å². The molecule has 0 aromatic carbocycles. The number of H-pyrrole nitrogens is 1. The molecule has 1 aliphatic rings. The second kappa shape index (κ2) is 6.55. The van der Waals surface area contributed by atoms with Crippen LogP contribution in [0.3, 0.4) is 0 Å². The number of aromatic nitrogens is 5. The Bertz CT molecular complexity index is 1120. The van der Waals surface area contributed by atoms with E-state index in [0.29, 0.717) is 30.0 Å². The second-order valence-corrected chi connectivity index (χ2v) is 6.57. The molecule has 0 saturated carbocycles. The third kappa shape index (κ3) is 2.66. The molecule has 140 valence electrons. The fraction of sp³-hybridized carbons (Fsp3) is 0.294. The number of hydrogen-bond acceptors (Lipinski definition) is 7. The summed E-state index contributed by atoms with van der Waals surface area (Å²) >= 11 is 0. The van der Waals surface area contributed by atoms with E-state index in [1.54, 1.807) is 17.1 Å². The summed E-state index contributed by atoms with van der Waals surface area (Å²) in [5.74, 6) is 0.283. The highest BCUT2D eigenvalue weighted by molar-refractivity contribution is 5.93. The molecule has 0 radical (unpaired) electrons. The number of anilines is 1. The Kier molecular flexibility index (Phi) is 4.05. The molecule has 1 aliphatic heterocycles. The predicted molar refractivity (Wildman–Crippen MR) is 98.3 cm³/mol. The highest BCUT2D eigenvalue weighted by atomic mass is 16.2. The first-order valence-electron chi connectivity index (χ1n) is 8.49. The van der Waals surface area contributed by atoms with Gasteiger partial charge >= 0.3 is 6.03 Å². The lowest BCUT2D eigenvalue weighted by Crippen LogP contribution is -2.66. The summed E-state index contributed by atoms with van der Waals surface area (Å²) in [5.41, 5.74) is 7.45. The number of nitrogens with zero attached hydrogens (tertiary/aromatic N) is 7. The van der Waals surface area contributed by atoms with Crippen LogP contribution < -0.4 is 11.1 Å². The number of fused-ring (bicyclic) bond motifs is 1. The lowest BCUT2D eigenvalue weighted by atomic mass is 9.87. The topological polar surface area (TPSA) is 165 Å². The average molecular weight is 376 g/mol. The number of urea groups is 1. The minimum Gasteiger partial charge on any atom is -0.382 e. The number of aromatic amines is 1. The number of carbonyl (C=O) groups is 1. The van der Waals surface area contributed by atoms with Gasteiger partial charge in [0.15, 0.2) is 5.82 Å². The Morgan fingerprint density at radius 1 is 1.36 bits per heavy atom. The van der Waals surface area contributed by atoms with Gasteiger partial charge in [0.2, 0.25) is 0 Å². The van der Waals surface area contributed by atoms with Crippen molar-refractivity contribution in [2.45, 2.75) is 12.0 Å². The molecule has 0 unspecified atom stereocenters. The maximum atomic E-state index is 12.0. The van der Waals surface area contributed by atoms with Crippen molar-refractivity contribution in [2.75, 3.05) is 25.4 Å². The molecule has 3 aromatic heterocycles. The predicted octanol–water partition coefficient (Wildman–Crippen LogP) is 0.561. The standard InChI is InChI=1S/C17H16N10O/c18-3-2-17(8-26(9-17)16(28)22-6-4-19)27-7-12(14(20)25-27)13-11-1-5-21-15(11)24-10-23-13/h1,5,7,10H,2,6,8-9H2,(H2,20,25)(H,22,28)(H,21,23,24). The summed E-state index contributed by atoms with van der Waals surface area (Å²) in [6.45, 7) is 0.517. The SMILES string of the molecule is N#CCNC(=O)N1CC(CC#N)(n2cc(-c3ncnc4[nH]ccc34)c(N)n2)C1. The van der Waals surface area contributed by atoms with Crippen LogP contribution in [0.2, 0.25) is 0 Å². The molecule has 11 heteroatoms. The van der Waals surface area contributed by atoms with Crippen molar-refractivity contribution in [1.82, 2.24) is 34.9 Å². The first-order chi connectivity index (χ1) is 13.6. The smallest absolute Gasteiger partial charge is 0.318 e. The van der Waals surface area contributed by atoms with Crippen LogP contribution in [0, 0.1) is 22.7 Å². The van der Waals surface area contributed by atoms with Crippen LogP contribution in [0.1, 0.15) is 6.42 Å². The van der Waals surface area contributed by atoms with E-state index in [-0.39, 0.29) is 24.8 Å². The lowest BCUT2D eigenvalue weighted by molar-refractivity contribution is 0.0352. The van der Waals surface area contributed by atoms with Crippen LogP contribution in [0.25, 0.3) is 22.3 Å². The number of nitrogens with two attached hydrogens (primary N) is 1. The van der Waals surface area contributed by atoms with Gasteiger partial charge in [-0.05, 0) is 6.07 Å². The maximum Gasteiger partial charge on any atom is 0.318 e. The van der Waals surface area contributed by atoms with Crippen LogP contribution >= 0.6 is 0 Å². The van der Waals surface area contributed by atoms with Gasteiger partial charge in [-0.2, -0.15) is 15.6 Å². The molecular formula is C17H16N10O. The Morgan fingerprint density at radius 3 is 2.93 bits per heavy atom. The third-order valence-corrected chi connectivity index (χ3v) is 4.82. The number of rotatable bonds is 4. The van der Waals surface area contributed by atoms with Crippen LogP contribution in [0.4, 0.5) is 10.6 Å². The Labute approximate surface area is 159 Å². The fourth-order valence-corrected chi connectivity index (χ4v) is 3.42. The number of amides is 2. The largest absolute Gasteiger partial charge is 0.382 e. The zero-order valence-electron chi connectivity index (χ0n) is 14.8. The summed E-state index contributed by atoms with van der Waals surface area (Å²) in [5, 5.41) is 25.6. The Hall–Kier alpha value is -4.12. The fourth-order valence-electron chi connectivity index (χ4n) is 3.42. The van der Waals surface area contributed by atoms with Gasteiger partial charge in [0.1, 0.15) is 24.1 Å². The quantitative estimate of drug-likeness (QED) is 0.559. The van der Waals surface area contributed by atoms with Gasteiger partial charge in [-0.3, -0.25) is 4.68 Å². The molecule has 11 nitrogen and oxygen atoms in total. The number of likely N-dealkylation sites (tertiary alicyclic amines) is 1. The molecule has 4 N–H and O–H groups in total. The third-order valence-electron chi connectivity index (χ3n) is 4.82. The molecular weight excluding hydrogens is 360 g/mol. The van der Waals surface area contributed by atoms with Gasteiger partial charge in [0, 0.05) is 17.8 Å². The van der Waals surface area contributed by atoms with E-state index in [9.17, 15) is 10.1 Å². The van der Waals surface area contributed by atoms with Crippen LogP contribution in [-0.4, -0.2) is 55.3 Å². The van der Waals surface area contributed by atoms with Gasteiger partial charge in [-0.15, -0.1) is 0 Å². The van der Waals surface area contributed by atoms with E-state index in [1.807, 2.05) is 12.1 Å². The second-order valence-electron chi connectivity index (χ2n) is 6.57. The number of nitrogen functional groups attached to an aromatic ring is 1. The summed E-state index contributed by atoms with van der Waals surface area (Å²) in [4.78, 5) is 25.1. The summed E-state index contributed by atoms with van der Waals surface area (Å²) in [6, 6.07) is 5.53. The number of hydrogen-bond donors (Lipinski definition) is 3.